The molecule has 1 aliphatic rings. The molecular formula is C14H15F3. The normalized spacial score (nSPS) is 24.7. The summed E-state index contributed by atoms with van der Waals surface area (Å²) in [6.45, 7) is 1.83. The Labute approximate surface area is 99.2 Å². The van der Waals surface area contributed by atoms with Crippen LogP contribution in [0.2, 0.25) is 0 Å². The maximum absolute atomic E-state index is 13.8. The second-order valence-electron chi connectivity index (χ2n) is 4.81. The van der Waals surface area contributed by atoms with E-state index in [1.165, 1.54) is 0 Å². The maximum atomic E-state index is 13.8. The van der Waals surface area contributed by atoms with Gasteiger partial charge in [0.1, 0.15) is 5.82 Å². The van der Waals surface area contributed by atoms with Crippen molar-refractivity contribution in [2.24, 2.45) is 0 Å². The first-order valence-corrected chi connectivity index (χ1v) is 5.86. The lowest BCUT2D eigenvalue weighted by Crippen LogP contribution is -2.21. The first kappa shape index (κ1) is 12.2. The van der Waals surface area contributed by atoms with Gasteiger partial charge in [-0.05, 0) is 25.3 Å². The smallest absolute Gasteiger partial charge is 0.163 e. The molecule has 0 fully saturated rings. The molecule has 0 saturated carbocycles. The molecular weight excluding hydrogens is 225 g/mol. The zero-order chi connectivity index (χ0) is 12.5. The summed E-state index contributed by atoms with van der Waals surface area (Å²) in [5.74, 6) is -2.77. The van der Waals surface area contributed by atoms with E-state index in [1.54, 1.807) is 0 Å². The molecule has 17 heavy (non-hydrogen) atoms. The monoisotopic (exact) mass is 240 g/mol. The molecule has 0 amide bonds. The predicted octanol–water partition coefficient (Wildman–Crippen LogP) is 4.49. The first-order chi connectivity index (χ1) is 8.03. The van der Waals surface area contributed by atoms with Crippen LogP contribution in [0.15, 0.2) is 24.3 Å². The molecule has 0 aromatic heterocycles. The quantitative estimate of drug-likeness (QED) is 0.501. The van der Waals surface area contributed by atoms with Gasteiger partial charge in [-0.1, -0.05) is 25.5 Å². The molecule has 1 aromatic carbocycles. The molecule has 0 spiro atoms. The van der Waals surface area contributed by atoms with Crippen molar-refractivity contribution in [1.29, 1.82) is 0 Å². The number of benzene rings is 1. The van der Waals surface area contributed by atoms with Gasteiger partial charge in [0.05, 0.1) is 0 Å². The van der Waals surface area contributed by atoms with Crippen LogP contribution in [0.25, 0.3) is 0 Å². The van der Waals surface area contributed by atoms with E-state index in [4.69, 9.17) is 0 Å². The van der Waals surface area contributed by atoms with Crippen LogP contribution in [-0.4, -0.2) is 0 Å². The minimum Gasteiger partial charge on any atom is -0.207 e. The predicted molar refractivity (Wildman–Crippen MR) is 61.3 cm³/mol. The number of halogens is 3. The molecule has 1 aromatic rings. The van der Waals surface area contributed by atoms with Crippen molar-refractivity contribution < 1.29 is 13.2 Å². The molecule has 2 rings (SSSR count). The molecule has 0 saturated heterocycles. The van der Waals surface area contributed by atoms with Crippen LogP contribution in [0.5, 0.6) is 0 Å². The maximum Gasteiger partial charge on any atom is 0.163 e. The molecule has 0 bridgehead atoms. The summed E-state index contributed by atoms with van der Waals surface area (Å²) >= 11 is 0. The van der Waals surface area contributed by atoms with Gasteiger partial charge in [-0.15, -0.1) is 0 Å². The Balaban J connectivity index is 2.51. The van der Waals surface area contributed by atoms with Gasteiger partial charge in [0.2, 0.25) is 0 Å². The van der Waals surface area contributed by atoms with Crippen LogP contribution < -0.4 is 0 Å². The van der Waals surface area contributed by atoms with Crippen molar-refractivity contribution in [2.75, 3.05) is 0 Å². The molecule has 0 heterocycles. The highest BCUT2D eigenvalue weighted by molar-refractivity contribution is 5.33. The highest BCUT2D eigenvalue weighted by Gasteiger charge is 2.29. The summed E-state index contributed by atoms with van der Waals surface area (Å²) in [6, 6.07) is 1.69. The number of hydrogen-bond acceptors (Lipinski definition) is 0. The molecule has 3 heteroatoms. The summed E-state index contributed by atoms with van der Waals surface area (Å²) in [4.78, 5) is 0. The third-order valence-corrected chi connectivity index (χ3v) is 3.41. The van der Waals surface area contributed by atoms with E-state index < -0.39 is 22.9 Å². The Hall–Kier alpha value is -1.25. The highest BCUT2D eigenvalue weighted by Crippen LogP contribution is 2.36. The molecule has 0 radical (unpaired) electrons. The van der Waals surface area contributed by atoms with Gasteiger partial charge in [-0.25, -0.2) is 13.2 Å². The summed E-state index contributed by atoms with van der Waals surface area (Å²) in [5.41, 5.74) is -0.489. The average molecular weight is 240 g/mol. The Kier molecular flexibility index (Phi) is 3.27. The molecule has 0 unspecified atom stereocenters. The van der Waals surface area contributed by atoms with E-state index in [2.05, 4.69) is 0 Å². The molecule has 1 atom stereocenters. The Morgan fingerprint density at radius 2 is 1.88 bits per heavy atom. The fraction of sp³-hybridized carbons (Fsp3) is 0.429. The largest absolute Gasteiger partial charge is 0.207 e. The van der Waals surface area contributed by atoms with E-state index in [0.717, 1.165) is 25.3 Å². The van der Waals surface area contributed by atoms with E-state index in [9.17, 15) is 13.2 Å². The summed E-state index contributed by atoms with van der Waals surface area (Å²) in [7, 11) is 0. The zero-order valence-corrected chi connectivity index (χ0v) is 9.77. The second-order valence-corrected chi connectivity index (χ2v) is 4.81. The molecule has 92 valence electrons. The van der Waals surface area contributed by atoms with Gasteiger partial charge in [-0.2, -0.15) is 0 Å². The van der Waals surface area contributed by atoms with E-state index in [0.29, 0.717) is 12.5 Å². The zero-order valence-electron chi connectivity index (χ0n) is 9.77. The Morgan fingerprint density at radius 3 is 2.65 bits per heavy atom. The van der Waals surface area contributed by atoms with Crippen LogP contribution in [-0.2, 0) is 5.41 Å². The van der Waals surface area contributed by atoms with E-state index >= 15 is 0 Å². The van der Waals surface area contributed by atoms with Crippen LogP contribution in [0, 0.1) is 17.5 Å². The van der Waals surface area contributed by atoms with Crippen LogP contribution in [0.3, 0.4) is 0 Å². The van der Waals surface area contributed by atoms with Crippen molar-refractivity contribution in [1.82, 2.24) is 0 Å². The number of allylic oxidation sites excluding steroid dienone is 2. The van der Waals surface area contributed by atoms with Gasteiger partial charge < -0.3 is 0 Å². The lowest BCUT2D eigenvalue weighted by Gasteiger charge is -2.26. The summed E-state index contributed by atoms with van der Waals surface area (Å²) in [6.07, 6.45) is 7.46. The van der Waals surface area contributed by atoms with Gasteiger partial charge in [0, 0.05) is 17.0 Å². The molecule has 0 nitrogen and oxygen atoms in total. The lowest BCUT2D eigenvalue weighted by atomic mass is 9.78. The number of hydrogen-bond donors (Lipinski definition) is 0. The van der Waals surface area contributed by atoms with Gasteiger partial charge in [0.25, 0.3) is 0 Å². The van der Waals surface area contributed by atoms with Crippen LogP contribution >= 0.6 is 0 Å². The van der Waals surface area contributed by atoms with Crippen molar-refractivity contribution in [3.8, 4) is 0 Å². The third-order valence-electron chi connectivity index (χ3n) is 3.41. The van der Waals surface area contributed by atoms with Gasteiger partial charge >= 0.3 is 0 Å². The third kappa shape index (κ3) is 2.38. The highest BCUT2D eigenvalue weighted by atomic mass is 19.2. The minimum atomic E-state index is -1.11. The van der Waals surface area contributed by atoms with Gasteiger partial charge in [-0.3, -0.25) is 0 Å². The van der Waals surface area contributed by atoms with Crippen molar-refractivity contribution in [2.45, 2.75) is 38.0 Å². The fourth-order valence-electron chi connectivity index (χ4n) is 2.38. The molecule has 0 N–H and O–H groups in total. The van der Waals surface area contributed by atoms with E-state index in [1.807, 2.05) is 19.1 Å². The van der Waals surface area contributed by atoms with E-state index in [-0.39, 0.29) is 5.56 Å². The molecule has 1 aliphatic carbocycles. The van der Waals surface area contributed by atoms with Crippen molar-refractivity contribution >= 4 is 0 Å². The topological polar surface area (TPSA) is 0 Å². The standard InChI is InChI=1S/C14H15F3/c1-14(6-4-2-3-5-7-14)11-8-10(15)9-12(16)13(11)17/h4,6,8-9H,2-3,5,7H2,1H3/t14-/m0/s1. The second kappa shape index (κ2) is 4.55. The summed E-state index contributed by atoms with van der Waals surface area (Å²) < 4.78 is 40.2. The average Bonchev–Trinajstić information content (AvgIpc) is 2.49. The Morgan fingerprint density at radius 1 is 1.12 bits per heavy atom. The minimum absolute atomic E-state index is 0.119. The Bertz CT molecular complexity index is 451. The van der Waals surface area contributed by atoms with Crippen molar-refractivity contribution in [3.63, 3.8) is 0 Å². The van der Waals surface area contributed by atoms with Crippen molar-refractivity contribution in [3.05, 3.63) is 47.3 Å². The fourth-order valence-corrected chi connectivity index (χ4v) is 2.38. The lowest BCUT2D eigenvalue weighted by molar-refractivity contribution is 0.439. The molecule has 0 aliphatic heterocycles. The van der Waals surface area contributed by atoms with Crippen LogP contribution in [0.1, 0.15) is 38.2 Å². The van der Waals surface area contributed by atoms with Crippen LogP contribution in [0.4, 0.5) is 13.2 Å². The number of rotatable bonds is 1. The SMILES string of the molecule is C[C@]1(c2cc(F)cc(F)c2F)C=CCCCC1. The summed E-state index contributed by atoms with van der Waals surface area (Å²) in [5, 5.41) is 0. The van der Waals surface area contributed by atoms with Gasteiger partial charge in [0.15, 0.2) is 11.6 Å². The first-order valence-electron chi connectivity index (χ1n) is 5.86.